The fourth-order valence-electron chi connectivity index (χ4n) is 3.10. The van der Waals surface area contributed by atoms with Crippen LogP contribution in [0, 0.1) is 6.92 Å². The minimum absolute atomic E-state index is 0.0496. The molecule has 1 aromatic heterocycles. The average molecular weight is 371 g/mol. The van der Waals surface area contributed by atoms with E-state index in [-0.39, 0.29) is 30.8 Å². The standard InChI is InChI=1S/C19H25N5O3/c1-14-11-17(22-27-14)21-18(25)13-23-7-9-24(10-8-23)19(26)12-16(20)15-5-3-2-4-6-15/h2-6,11,16H,7-10,12-13,20H2,1H3,(H,21,22,25). The van der Waals surface area contributed by atoms with Gasteiger partial charge in [-0.25, -0.2) is 0 Å². The number of benzene rings is 1. The van der Waals surface area contributed by atoms with E-state index >= 15 is 0 Å². The molecule has 0 spiro atoms. The minimum Gasteiger partial charge on any atom is -0.360 e. The largest absolute Gasteiger partial charge is 0.360 e. The molecule has 1 aliphatic rings. The van der Waals surface area contributed by atoms with E-state index in [9.17, 15) is 9.59 Å². The Balaban J connectivity index is 1.41. The number of anilines is 1. The summed E-state index contributed by atoms with van der Waals surface area (Å²) in [6.45, 7) is 4.52. The summed E-state index contributed by atoms with van der Waals surface area (Å²) in [7, 11) is 0. The third-order valence-electron chi connectivity index (χ3n) is 4.61. The highest BCUT2D eigenvalue weighted by Crippen LogP contribution is 2.15. The molecule has 0 bridgehead atoms. The number of hydrogen-bond donors (Lipinski definition) is 2. The van der Waals surface area contributed by atoms with Gasteiger partial charge >= 0.3 is 0 Å². The predicted molar refractivity (Wildman–Crippen MR) is 101 cm³/mol. The second-order valence-electron chi connectivity index (χ2n) is 6.75. The van der Waals surface area contributed by atoms with Crippen LogP contribution in [-0.2, 0) is 9.59 Å². The van der Waals surface area contributed by atoms with Crippen LogP contribution in [0.2, 0.25) is 0 Å². The first kappa shape index (κ1) is 19.1. The number of aromatic nitrogens is 1. The highest BCUT2D eigenvalue weighted by atomic mass is 16.5. The molecule has 8 heteroatoms. The van der Waals surface area contributed by atoms with Crippen LogP contribution in [0.5, 0.6) is 0 Å². The van der Waals surface area contributed by atoms with Gasteiger partial charge < -0.3 is 20.5 Å². The molecule has 1 fully saturated rings. The number of hydrogen-bond acceptors (Lipinski definition) is 6. The van der Waals surface area contributed by atoms with E-state index in [1.807, 2.05) is 40.1 Å². The molecule has 144 valence electrons. The molecule has 2 aromatic rings. The summed E-state index contributed by atoms with van der Waals surface area (Å²) in [5.41, 5.74) is 7.11. The second-order valence-corrected chi connectivity index (χ2v) is 6.75. The van der Waals surface area contributed by atoms with E-state index in [4.69, 9.17) is 10.3 Å². The topological polar surface area (TPSA) is 105 Å². The zero-order chi connectivity index (χ0) is 19.2. The first-order valence-electron chi connectivity index (χ1n) is 9.05. The molecule has 1 aromatic carbocycles. The SMILES string of the molecule is Cc1cc(NC(=O)CN2CCN(C(=O)CC(N)c3ccccc3)CC2)no1. The van der Waals surface area contributed by atoms with Crippen LogP contribution in [0.1, 0.15) is 23.8 Å². The van der Waals surface area contributed by atoms with Crippen LogP contribution in [0.3, 0.4) is 0 Å². The molecule has 3 N–H and O–H groups in total. The van der Waals surface area contributed by atoms with Gasteiger partial charge in [-0.1, -0.05) is 35.5 Å². The number of aryl methyl sites for hydroxylation is 1. The number of nitrogens with one attached hydrogen (secondary N) is 1. The Morgan fingerprint density at radius 1 is 1.22 bits per heavy atom. The van der Waals surface area contributed by atoms with E-state index in [2.05, 4.69) is 10.5 Å². The molecule has 2 heterocycles. The van der Waals surface area contributed by atoms with E-state index in [0.717, 1.165) is 5.56 Å². The van der Waals surface area contributed by atoms with Crippen molar-refractivity contribution in [3.8, 4) is 0 Å². The Kier molecular flexibility index (Phi) is 6.20. The Bertz CT molecular complexity index is 769. The maximum Gasteiger partial charge on any atom is 0.239 e. The Morgan fingerprint density at radius 3 is 2.56 bits per heavy atom. The summed E-state index contributed by atoms with van der Waals surface area (Å²) in [6.07, 6.45) is 0.288. The van der Waals surface area contributed by atoms with Crippen molar-refractivity contribution >= 4 is 17.6 Å². The van der Waals surface area contributed by atoms with Gasteiger partial charge in [-0.05, 0) is 12.5 Å². The third kappa shape index (κ3) is 5.38. The van der Waals surface area contributed by atoms with Gasteiger partial charge in [0.1, 0.15) is 5.76 Å². The molecule has 0 saturated carbocycles. The Hall–Kier alpha value is -2.71. The van der Waals surface area contributed by atoms with Crippen molar-refractivity contribution in [2.45, 2.75) is 19.4 Å². The van der Waals surface area contributed by atoms with Crippen molar-refractivity contribution in [3.63, 3.8) is 0 Å². The normalized spacial score (nSPS) is 16.1. The molecule has 0 radical (unpaired) electrons. The van der Waals surface area contributed by atoms with Crippen molar-refractivity contribution in [1.29, 1.82) is 0 Å². The van der Waals surface area contributed by atoms with Crippen LogP contribution in [0.25, 0.3) is 0 Å². The summed E-state index contributed by atoms with van der Waals surface area (Å²) < 4.78 is 4.93. The van der Waals surface area contributed by atoms with Crippen molar-refractivity contribution in [2.75, 3.05) is 38.0 Å². The van der Waals surface area contributed by atoms with Gasteiger partial charge in [-0.2, -0.15) is 0 Å². The minimum atomic E-state index is -0.298. The van der Waals surface area contributed by atoms with Crippen LogP contribution >= 0.6 is 0 Å². The Labute approximate surface area is 158 Å². The molecule has 3 rings (SSSR count). The quantitative estimate of drug-likeness (QED) is 0.789. The maximum atomic E-state index is 12.5. The van der Waals surface area contributed by atoms with Crippen LogP contribution < -0.4 is 11.1 Å². The molecule has 27 heavy (non-hydrogen) atoms. The molecular formula is C19H25N5O3. The first-order valence-corrected chi connectivity index (χ1v) is 9.05. The molecule has 8 nitrogen and oxygen atoms in total. The van der Waals surface area contributed by atoms with Gasteiger partial charge in [0.2, 0.25) is 11.8 Å². The third-order valence-corrected chi connectivity index (χ3v) is 4.61. The number of amides is 2. The molecule has 1 aliphatic heterocycles. The second kappa shape index (κ2) is 8.79. The molecule has 1 atom stereocenters. The smallest absolute Gasteiger partial charge is 0.239 e. The van der Waals surface area contributed by atoms with Gasteiger partial charge in [-0.3, -0.25) is 14.5 Å². The Morgan fingerprint density at radius 2 is 1.93 bits per heavy atom. The average Bonchev–Trinajstić information content (AvgIpc) is 3.07. The van der Waals surface area contributed by atoms with Gasteiger partial charge in [0, 0.05) is 44.7 Å². The lowest BCUT2D eigenvalue weighted by atomic mass is 10.0. The van der Waals surface area contributed by atoms with E-state index in [0.29, 0.717) is 37.8 Å². The van der Waals surface area contributed by atoms with Gasteiger partial charge in [0.25, 0.3) is 0 Å². The number of rotatable bonds is 6. The number of carbonyl (C=O) groups is 2. The highest BCUT2D eigenvalue weighted by Gasteiger charge is 2.24. The summed E-state index contributed by atoms with van der Waals surface area (Å²) in [4.78, 5) is 28.4. The highest BCUT2D eigenvalue weighted by molar-refractivity contribution is 5.91. The molecule has 0 aliphatic carbocycles. The number of piperazine rings is 1. The lowest BCUT2D eigenvalue weighted by Gasteiger charge is -2.34. The van der Waals surface area contributed by atoms with Crippen molar-refractivity contribution in [2.24, 2.45) is 5.73 Å². The molecular weight excluding hydrogens is 346 g/mol. The molecule has 1 unspecified atom stereocenters. The number of nitrogens with zero attached hydrogens (tertiary/aromatic N) is 3. The van der Waals surface area contributed by atoms with Crippen LogP contribution in [0.4, 0.5) is 5.82 Å². The van der Waals surface area contributed by atoms with E-state index in [1.165, 1.54) is 0 Å². The van der Waals surface area contributed by atoms with Gasteiger partial charge in [-0.15, -0.1) is 0 Å². The van der Waals surface area contributed by atoms with E-state index in [1.54, 1.807) is 13.0 Å². The number of nitrogens with two attached hydrogens (primary N) is 1. The van der Waals surface area contributed by atoms with Gasteiger partial charge in [0.15, 0.2) is 5.82 Å². The van der Waals surface area contributed by atoms with E-state index < -0.39 is 0 Å². The summed E-state index contributed by atoms with van der Waals surface area (Å²) in [5, 5.41) is 6.45. The van der Waals surface area contributed by atoms with Crippen molar-refractivity contribution in [1.82, 2.24) is 15.0 Å². The lowest BCUT2D eigenvalue weighted by Crippen LogP contribution is -2.50. The van der Waals surface area contributed by atoms with Crippen molar-refractivity contribution in [3.05, 3.63) is 47.7 Å². The molecule has 1 saturated heterocycles. The fourth-order valence-corrected chi connectivity index (χ4v) is 3.10. The molecule has 2 amide bonds. The monoisotopic (exact) mass is 371 g/mol. The van der Waals surface area contributed by atoms with Crippen LogP contribution in [-0.4, -0.2) is 59.5 Å². The number of carbonyl (C=O) groups excluding carboxylic acids is 2. The predicted octanol–water partition coefficient (Wildman–Crippen LogP) is 1.16. The lowest BCUT2D eigenvalue weighted by molar-refractivity contribution is -0.133. The fraction of sp³-hybridized carbons (Fsp3) is 0.421. The summed E-state index contributed by atoms with van der Waals surface area (Å²) >= 11 is 0. The zero-order valence-electron chi connectivity index (χ0n) is 15.4. The van der Waals surface area contributed by atoms with Crippen LogP contribution in [0.15, 0.2) is 40.9 Å². The zero-order valence-corrected chi connectivity index (χ0v) is 15.4. The summed E-state index contributed by atoms with van der Waals surface area (Å²) in [5.74, 6) is 0.968. The first-order chi connectivity index (χ1) is 13.0. The van der Waals surface area contributed by atoms with Gasteiger partial charge in [0.05, 0.1) is 6.54 Å². The van der Waals surface area contributed by atoms with Crippen molar-refractivity contribution < 1.29 is 14.1 Å². The summed E-state index contributed by atoms with van der Waals surface area (Å²) in [6, 6.07) is 11.0. The maximum absolute atomic E-state index is 12.5.